The monoisotopic (exact) mass is 303 g/mol. The van der Waals surface area contributed by atoms with E-state index in [1.807, 2.05) is 24.3 Å². The zero-order chi connectivity index (χ0) is 15.5. The van der Waals surface area contributed by atoms with Crippen molar-refractivity contribution in [2.24, 2.45) is 0 Å². The second kappa shape index (κ2) is 6.46. The maximum Gasteiger partial charge on any atom is 0.257 e. The number of aromatic nitrogens is 2. The summed E-state index contributed by atoms with van der Waals surface area (Å²) in [5.74, 6) is 2.04. The van der Waals surface area contributed by atoms with Crippen molar-refractivity contribution < 1.29 is 14.0 Å². The minimum atomic E-state index is 0.233. The van der Waals surface area contributed by atoms with Crippen molar-refractivity contribution in [1.82, 2.24) is 15.0 Å². The first kappa shape index (κ1) is 15.0. The van der Waals surface area contributed by atoms with Crippen LogP contribution >= 0.6 is 0 Å². The minimum Gasteiger partial charge on any atom is -0.497 e. The molecule has 0 N–H and O–H groups in total. The van der Waals surface area contributed by atoms with E-state index >= 15 is 0 Å². The van der Waals surface area contributed by atoms with Crippen LogP contribution in [-0.2, 0) is 11.3 Å². The lowest BCUT2D eigenvalue weighted by atomic mass is 10.2. The average molecular weight is 303 g/mol. The van der Waals surface area contributed by atoms with Crippen LogP contribution in [0.15, 0.2) is 28.8 Å². The summed E-state index contributed by atoms with van der Waals surface area (Å²) in [5.41, 5.74) is 0.892. The second-order valence-electron chi connectivity index (χ2n) is 5.70. The summed E-state index contributed by atoms with van der Waals surface area (Å²) < 4.78 is 16.2. The zero-order valence-electron chi connectivity index (χ0n) is 13.2. The molecule has 1 fully saturated rings. The zero-order valence-corrected chi connectivity index (χ0v) is 13.2. The van der Waals surface area contributed by atoms with Crippen LogP contribution in [0.5, 0.6) is 5.75 Å². The maximum absolute atomic E-state index is 5.73. The Hall–Kier alpha value is -1.92. The third-order valence-electron chi connectivity index (χ3n) is 3.67. The van der Waals surface area contributed by atoms with Crippen molar-refractivity contribution in [2.45, 2.75) is 32.6 Å². The van der Waals surface area contributed by atoms with Gasteiger partial charge in [0.25, 0.3) is 5.89 Å². The molecule has 2 unspecified atom stereocenters. The second-order valence-corrected chi connectivity index (χ2v) is 5.70. The third-order valence-corrected chi connectivity index (χ3v) is 3.67. The minimum absolute atomic E-state index is 0.233. The van der Waals surface area contributed by atoms with E-state index in [2.05, 4.69) is 28.9 Å². The normalized spacial score (nSPS) is 22.7. The number of ether oxygens (including phenoxy) is 2. The molecule has 0 aliphatic carbocycles. The molecule has 1 aliphatic heterocycles. The molecule has 6 heteroatoms. The molecule has 1 aliphatic rings. The van der Waals surface area contributed by atoms with Gasteiger partial charge in [0.05, 0.1) is 25.9 Å². The van der Waals surface area contributed by atoms with E-state index in [9.17, 15) is 0 Å². The predicted molar refractivity (Wildman–Crippen MR) is 81.6 cm³/mol. The molecule has 2 heterocycles. The van der Waals surface area contributed by atoms with Crippen molar-refractivity contribution in [2.75, 3.05) is 20.2 Å². The van der Waals surface area contributed by atoms with Crippen LogP contribution in [0.25, 0.3) is 11.5 Å². The van der Waals surface area contributed by atoms with Gasteiger partial charge in [0, 0.05) is 18.7 Å². The van der Waals surface area contributed by atoms with Crippen LogP contribution in [0.2, 0.25) is 0 Å². The highest BCUT2D eigenvalue weighted by Gasteiger charge is 2.23. The summed E-state index contributed by atoms with van der Waals surface area (Å²) in [6.07, 6.45) is 0.466. The standard InChI is InChI=1S/C16H21N3O3/c1-11-8-19(9-12(2)21-11)10-15-17-16(22-18-15)13-4-6-14(20-3)7-5-13/h4-7,11-12H,8-10H2,1-3H3. The Labute approximate surface area is 130 Å². The molecule has 0 saturated carbocycles. The van der Waals surface area contributed by atoms with Gasteiger partial charge in [0.2, 0.25) is 0 Å². The molecule has 118 valence electrons. The van der Waals surface area contributed by atoms with Crippen LogP contribution in [0.4, 0.5) is 0 Å². The molecule has 1 saturated heterocycles. The molecule has 2 atom stereocenters. The van der Waals surface area contributed by atoms with E-state index in [-0.39, 0.29) is 12.2 Å². The van der Waals surface area contributed by atoms with Gasteiger partial charge < -0.3 is 14.0 Å². The molecule has 0 radical (unpaired) electrons. The highest BCUT2D eigenvalue weighted by Crippen LogP contribution is 2.21. The number of hydrogen-bond acceptors (Lipinski definition) is 6. The van der Waals surface area contributed by atoms with Gasteiger partial charge >= 0.3 is 0 Å². The van der Waals surface area contributed by atoms with E-state index in [1.165, 1.54) is 0 Å². The lowest BCUT2D eigenvalue weighted by Gasteiger charge is -2.34. The SMILES string of the molecule is COc1ccc(-c2nc(CN3CC(C)OC(C)C3)no2)cc1. The van der Waals surface area contributed by atoms with E-state index in [4.69, 9.17) is 14.0 Å². The van der Waals surface area contributed by atoms with Gasteiger partial charge in [0.15, 0.2) is 5.82 Å². The van der Waals surface area contributed by atoms with E-state index in [0.717, 1.165) is 24.4 Å². The van der Waals surface area contributed by atoms with Gasteiger partial charge in [-0.3, -0.25) is 4.90 Å². The summed E-state index contributed by atoms with van der Waals surface area (Å²) in [7, 11) is 1.64. The average Bonchev–Trinajstić information content (AvgIpc) is 2.95. The summed E-state index contributed by atoms with van der Waals surface area (Å²) in [6, 6.07) is 7.58. The number of morpholine rings is 1. The Balaban J connectivity index is 1.68. The first-order valence-electron chi connectivity index (χ1n) is 7.49. The van der Waals surface area contributed by atoms with Crippen molar-refractivity contribution in [3.05, 3.63) is 30.1 Å². The largest absolute Gasteiger partial charge is 0.497 e. The van der Waals surface area contributed by atoms with Gasteiger partial charge in [-0.2, -0.15) is 4.98 Å². The van der Waals surface area contributed by atoms with Gasteiger partial charge in [-0.1, -0.05) is 5.16 Å². The van der Waals surface area contributed by atoms with Crippen LogP contribution in [0.1, 0.15) is 19.7 Å². The number of rotatable bonds is 4. The Morgan fingerprint density at radius 1 is 1.18 bits per heavy atom. The highest BCUT2D eigenvalue weighted by atomic mass is 16.5. The molecule has 0 amide bonds. The summed E-state index contributed by atoms with van der Waals surface area (Å²) in [5, 5.41) is 4.08. The number of methoxy groups -OCH3 is 1. The Morgan fingerprint density at radius 2 is 1.86 bits per heavy atom. The number of benzene rings is 1. The highest BCUT2D eigenvalue weighted by molar-refractivity contribution is 5.54. The van der Waals surface area contributed by atoms with Gasteiger partial charge in [-0.15, -0.1) is 0 Å². The first-order chi connectivity index (χ1) is 10.6. The Morgan fingerprint density at radius 3 is 2.50 bits per heavy atom. The number of nitrogens with zero attached hydrogens (tertiary/aromatic N) is 3. The maximum atomic E-state index is 5.73. The molecular formula is C16H21N3O3. The fourth-order valence-electron chi connectivity index (χ4n) is 2.78. The molecule has 2 aromatic rings. The summed E-state index contributed by atoms with van der Waals surface area (Å²) in [6.45, 7) is 6.62. The van der Waals surface area contributed by atoms with Crippen molar-refractivity contribution >= 4 is 0 Å². The lowest BCUT2D eigenvalue weighted by Crippen LogP contribution is -2.44. The van der Waals surface area contributed by atoms with Crippen molar-refractivity contribution in [3.8, 4) is 17.2 Å². The third kappa shape index (κ3) is 3.45. The van der Waals surface area contributed by atoms with Gasteiger partial charge in [-0.25, -0.2) is 0 Å². The Bertz CT molecular complexity index is 601. The topological polar surface area (TPSA) is 60.6 Å². The van der Waals surface area contributed by atoms with Gasteiger partial charge in [-0.05, 0) is 38.1 Å². The Kier molecular flexibility index (Phi) is 4.40. The molecular weight excluding hydrogens is 282 g/mol. The quantitative estimate of drug-likeness (QED) is 0.864. The summed E-state index contributed by atoms with van der Waals surface area (Å²) in [4.78, 5) is 6.77. The van der Waals surface area contributed by atoms with Crippen LogP contribution in [0, 0.1) is 0 Å². The van der Waals surface area contributed by atoms with Gasteiger partial charge in [0.1, 0.15) is 5.75 Å². The van der Waals surface area contributed by atoms with E-state index < -0.39 is 0 Å². The molecule has 3 rings (SSSR count). The van der Waals surface area contributed by atoms with Crippen molar-refractivity contribution in [1.29, 1.82) is 0 Å². The molecule has 1 aromatic carbocycles. The summed E-state index contributed by atoms with van der Waals surface area (Å²) >= 11 is 0. The molecule has 6 nitrogen and oxygen atoms in total. The molecule has 0 spiro atoms. The van der Waals surface area contributed by atoms with Crippen LogP contribution in [0.3, 0.4) is 0 Å². The van der Waals surface area contributed by atoms with Crippen molar-refractivity contribution in [3.63, 3.8) is 0 Å². The first-order valence-corrected chi connectivity index (χ1v) is 7.49. The fourth-order valence-corrected chi connectivity index (χ4v) is 2.78. The fraction of sp³-hybridized carbons (Fsp3) is 0.500. The lowest BCUT2D eigenvalue weighted by molar-refractivity contribution is -0.0711. The van der Waals surface area contributed by atoms with E-state index in [1.54, 1.807) is 7.11 Å². The van der Waals surface area contributed by atoms with Crippen LogP contribution < -0.4 is 4.74 Å². The molecule has 0 bridgehead atoms. The predicted octanol–water partition coefficient (Wildman–Crippen LogP) is 2.35. The molecule has 1 aromatic heterocycles. The van der Waals surface area contributed by atoms with E-state index in [0.29, 0.717) is 18.3 Å². The molecule has 22 heavy (non-hydrogen) atoms. The number of hydrogen-bond donors (Lipinski definition) is 0. The van der Waals surface area contributed by atoms with Crippen LogP contribution in [-0.4, -0.2) is 47.4 Å². The smallest absolute Gasteiger partial charge is 0.257 e.